The number of halogens is 5. The lowest BCUT2D eigenvalue weighted by Crippen LogP contribution is -2.44. The zero-order valence-electron chi connectivity index (χ0n) is 28.9. The Morgan fingerprint density at radius 3 is 2.28 bits per heavy atom. The van der Waals surface area contributed by atoms with E-state index in [1.54, 1.807) is 6.92 Å². The number of aliphatic carboxylic acids is 1. The Morgan fingerprint density at radius 2 is 1.66 bits per heavy atom. The van der Waals surface area contributed by atoms with Gasteiger partial charge in [0, 0.05) is 55.1 Å². The number of anilines is 1. The van der Waals surface area contributed by atoms with Gasteiger partial charge < -0.3 is 30.6 Å². The minimum Gasteiger partial charge on any atom is -0.492 e. The lowest BCUT2D eigenvalue weighted by molar-refractivity contribution is -0.192. The molecule has 6 rings (SSSR count). The molecule has 0 saturated carbocycles. The minimum absolute atomic E-state index is 0.182. The molecule has 2 aromatic heterocycles. The molecule has 53 heavy (non-hydrogen) atoms. The number of hydrogen-bond donors (Lipinski definition) is 5. The number of nitrogens with one attached hydrogen (secondary N) is 3. The summed E-state index contributed by atoms with van der Waals surface area (Å²) in [4.78, 5) is 36.5. The maximum atomic E-state index is 15.0. The predicted octanol–water partition coefficient (Wildman–Crippen LogP) is 6.28. The third-order valence-corrected chi connectivity index (χ3v) is 8.52. The number of hydrogen-bond acceptors (Lipinski definition) is 8. The molecule has 5 aromatic rings. The van der Waals surface area contributed by atoms with Gasteiger partial charge in [-0.1, -0.05) is 6.07 Å². The highest BCUT2D eigenvalue weighted by Crippen LogP contribution is 2.35. The van der Waals surface area contributed by atoms with Crippen molar-refractivity contribution in [2.75, 3.05) is 44.6 Å². The Balaban J connectivity index is 0.000000705. The Hall–Kier alpha value is -5.45. The maximum absolute atomic E-state index is 15.0. The van der Waals surface area contributed by atoms with Crippen molar-refractivity contribution in [2.24, 2.45) is 0 Å². The number of ether oxygens (including phenoxy) is 1. The van der Waals surface area contributed by atoms with Crippen molar-refractivity contribution in [3.05, 3.63) is 95.3 Å². The Labute approximate surface area is 300 Å². The van der Waals surface area contributed by atoms with Crippen molar-refractivity contribution in [3.8, 4) is 28.3 Å². The molecule has 11 nitrogen and oxygen atoms in total. The largest absolute Gasteiger partial charge is 0.492 e. The first-order valence-electron chi connectivity index (χ1n) is 16.5. The first-order chi connectivity index (χ1) is 25.0. The topological polar surface area (TPSA) is 153 Å². The zero-order valence-corrected chi connectivity index (χ0v) is 28.9. The normalized spacial score (nSPS) is 13.7. The van der Waals surface area contributed by atoms with Crippen LogP contribution in [-0.2, 0) is 10.4 Å². The average Bonchev–Trinajstić information content (AvgIpc) is 3.55. The van der Waals surface area contributed by atoms with E-state index in [9.17, 15) is 31.9 Å². The number of amides is 1. The van der Waals surface area contributed by atoms with Gasteiger partial charge in [-0.25, -0.2) is 23.5 Å². The molecular weight excluding hydrogens is 703 g/mol. The van der Waals surface area contributed by atoms with E-state index >= 15 is 0 Å². The summed E-state index contributed by atoms with van der Waals surface area (Å²) in [5.41, 5.74) is 2.79. The Bertz CT molecular complexity index is 2090. The van der Waals surface area contributed by atoms with Crippen LogP contribution in [0.4, 0.5) is 27.6 Å². The van der Waals surface area contributed by atoms with E-state index < -0.39 is 35.3 Å². The van der Waals surface area contributed by atoms with E-state index in [4.69, 9.17) is 14.6 Å². The molecule has 16 heteroatoms. The van der Waals surface area contributed by atoms with Crippen molar-refractivity contribution in [3.63, 3.8) is 0 Å². The molecule has 0 unspecified atom stereocenters. The third kappa shape index (κ3) is 9.71. The number of fused-ring (bicyclic) bond motifs is 1. The molecule has 1 amide bonds. The quantitative estimate of drug-likeness (QED) is 0.110. The third-order valence-electron chi connectivity index (χ3n) is 8.52. The van der Waals surface area contributed by atoms with Gasteiger partial charge in [-0.3, -0.25) is 9.69 Å². The molecule has 0 radical (unpaired) electrons. The smallest absolute Gasteiger partial charge is 0.490 e. The second-order valence-electron chi connectivity index (χ2n) is 12.8. The van der Waals surface area contributed by atoms with Crippen LogP contribution in [0.15, 0.2) is 67.0 Å². The summed E-state index contributed by atoms with van der Waals surface area (Å²) in [6.07, 6.45) is -3.69. The predicted molar refractivity (Wildman–Crippen MR) is 188 cm³/mol. The van der Waals surface area contributed by atoms with Crippen LogP contribution in [0.2, 0.25) is 0 Å². The lowest BCUT2D eigenvalue weighted by Gasteiger charge is -2.26. The Morgan fingerprint density at radius 1 is 0.981 bits per heavy atom. The second kappa shape index (κ2) is 16.1. The molecule has 1 fully saturated rings. The molecule has 1 aliphatic rings. The summed E-state index contributed by atoms with van der Waals surface area (Å²) in [7, 11) is 0. The molecule has 0 atom stereocenters. The van der Waals surface area contributed by atoms with Crippen LogP contribution in [0.3, 0.4) is 0 Å². The second-order valence-corrected chi connectivity index (χ2v) is 12.8. The number of nitrogens with zero attached hydrogens (tertiary/aromatic N) is 3. The standard InChI is InChI=1S/C35H36F2N6O3.C2HF3O2/c1-21-27(17-24(36)18-30(21)42-34(44)26-9-6-23(16-29(26)37)35(2,3)45)32-28-19-31(41-33(28)40-20-39-32)22-4-7-25(8-5-22)46-15-14-43-12-10-38-11-13-43;3-2(4,5)1(6)7/h4-9,16-20,38,45H,10-15H2,1-3H3,(H,42,44)(H,39,40,41);(H,6,7). The highest BCUT2D eigenvalue weighted by Gasteiger charge is 2.38. The molecule has 3 aromatic carbocycles. The van der Waals surface area contributed by atoms with Crippen LogP contribution in [0, 0.1) is 18.6 Å². The van der Waals surface area contributed by atoms with Crippen molar-refractivity contribution in [2.45, 2.75) is 32.5 Å². The molecule has 0 bridgehead atoms. The van der Waals surface area contributed by atoms with Crippen molar-refractivity contribution < 1.29 is 46.5 Å². The molecule has 0 spiro atoms. The molecular formula is C37H37F5N6O5. The molecule has 3 heterocycles. The van der Waals surface area contributed by atoms with Crippen LogP contribution >= 0.6 is 0 Å². The fraction of sp³-hybridized carbons (Fsp3) is 0.297. The van der Waals surface area contributed by atoms with Gasteiger partial charge in [-0.05, 0) is 92.1 Å². The SMILES string of the molecule is Cc1c(NC(=O)c2ccc(C(C)(C)O)cc2F)cc(F)cc1-c1ncnc2[nH]c(-c3ccc(OCCN4CCNCC4)cc3)cc12.O=C(O)C(F)(F)F. The summed E-state index contributed by atoms with van der Waals surface area (Å²) >= 11 is 0. The van der Waals surface area contributed by atoms with E-state index in [-0.39, 0.29) is 11.3 Å². The summed E-state index contributed by atoms with van der Waals surface area (Å²) in [5.74, 6) is -4.10. The molecule has 0 aliphatic carbocycles. The van der Waals surface area contributed by atoms with Crippen LogP contribution < -0.4 is 15.4 Å². The number of carbonyl (C=O) groups is 2. The van der Waals surface area contributed by atoms with Gasteiger partial charge in [0.15, 0.2) is 0 Å². The summed E-state index contributed by atoms with van der Waals surface area (Å²) in [6.45, 7) is 10.3. The number of H-pyrrole nitrogens is 1. The summed E-state index contributed by atoms with van der Waals surface area (Å²) in [6, 6.07) is 16.1. The van der Waals surface area contributed by atoms with Gasteiger partial charge in [0.05, 0.1) is 16.9 Å². The number of aliphatic hydroxyl groups is 1. The number of aromatic nitrogens is 3. The molecule has 1 saturated heterocycles. The van der Waals surface area contributed by atoms with Gasteiger partial charge >= 0.3 is 12.1 Å². The van der Waals surface area contributed by atoms with E-state index in [0.717, 1.165) is 55.8 Å². The number of carbonyl (C=O) groups excluding carboxylic acids is 1. The van der Waals surface area contributed by atoms with Crippen molar-refractivity contribution >= 4 is 28.6 Å². The van der Waals surface area contributed by atoms with Crippen molar-refractivity contribution in [1.82, 2.24) is 25.2 Å². The number of carboxylic acids is 1. The van der Waals surface area contributed by atoms with Crippen LogP contribution in [-0.4, -0.2) is 87.4 Å². The molecule has 1 aliphatic heterocycles. The molecule has 280 valence electrons. The highest BCUT2D eigenvalue weighted by atomic mass is 19.4. The first-order valence-corrected chi connectivity index (χ1v) is 16.5. The van der Waals surface area contributed by atoms with E-state index in [0.29, 0.717) is 40.0 Å². The summed E-state index contributed by atoms with van der Waals surface area (Å²) in [5, 5.41) is 24.0. The van der Waals surface area contributed by atoms with Gasteiger partial charge in [0.25, 0.3) is 5.91 Å². The lowest BCUT2D eigenvalue weighted by atomic mass is 9.96. The zero-order chi connectivity index (χ0) is 38.5. The number of benzene rings is 3. The number of piperazine rings is 1. The minimum atomic E-state index is -5.08. The molecule has 5 N–H and O–H groups in total. The van der Waals surface area contributed by atoms with E-state index in [2.05, 4.69) is 30.5 Å². The Kier molecular flexibility index (Phi) is 11.7. The maximum Gasteiger partial charge on any atom is 0.490 e. The fourth-order valence-corrected chi connectivity index (χ4v) is 5.59. The number of carboxylic acid groups (broad SMARTS) is 1. The van der Waals surface area contributed by atoms with Crippen LogP contribution in [0.1, 0.15) is 35.3 Å². The number of aromatic amines is 1. The monoisotopic (exact) mass is 740 g/mol. The van der Waals surface area contributed by atoms with Gasteiger partial charge in [0.2, 0.25) is 0 Å². The van der Waals surface area contributed by atoms with E-state index in [1.165, 1.54) is 44.4 Å². The van der Waals surface area contributed by atoms with Crippen LogP contribution in [0.5, 0.6) is 5.75 Å². The highest BCUT2D eigenvalue weighted by molar-refractivity contribution is 6.06. The summed E-state index contributed by atoms with van der Waals surface area (Å²) < 4.78 is 67.5. The fourth-order valence-electron chi connectivity index (χ4n) is 5.59. The van der Waals surface area contributed by atoms with Crippen LogP contribution in [0.25, 0.3) is 33.5 Å². The van der Waals surface area contributed by atoms with E-state index in [1.807, 2.05) is 30.3 Å². The van der Waals surface area contributed by atoms with Gasteiger partial charge in [0.1, 0.15) is 36.0 Å². The van der Waals surface area contributed by atoms with Gasteiger partial charge in [-0.15, -0.1) is 0 Å². The number of rotatable bonds is 9. The average molecular weight is 741 g/mol. The number of alkyl halides is 3. The van der Waals surface area contributed by atoms with Crippen molar-refractivity contribution in [1.29, 1.82) is 0 Å². The first kappa shape index (κ1) is 38.8. The van der Waals surface area contributed by atoms with Gasteiger partial charge in [-0.2, -0.15) is 13.2 Å².